The van der Waals surface area contributed by atoms with Crippen molar-refractivity contribution >= 4 is 5.78 Å². The second-order valence-electron chi connectivity index (χ2n) is 11.7. The van der Waals surface area contributed by atoms with Gasteiger partial charge in [0.05, 0.1) is 26.4 Å². The third-order valence-electron chi connectivity index (χ3n) is 8.17. The molecular weight excluding hydrogens is 380 g/mol. The molecule has 3 spiro atoms. The molecule has 5 aliphatic rings. The highest BCUT2D eigenvalue weighted by Crippen LogP contribution is 2.63. The molecule has 6 rings (SSSR count). The van der Waals surface area contributed by atoms with Gasteiger partial charge in [0.25, 0.3) is 0 Å². The fourth-order valence-electron chi connectivity index (χ4n) is 6.64. The maximum atomic E-state index is 13.0. The summed E-state index contributed by atoms with van der Waals surface area (Å²) in [4.78, 5) is 13.0. The number of Topliss-reactive ketones (excluding diaryl/α,β-unsaturated/α-hetero) is 1. The summed E-state index contributed by atoms with van der Waals surface area (Å²) in [6, 6.07) is 4.55. The minimum Gasteiger partial charge on any atom is -0.350 e. The Hall–Kier alpha value is -1.27. The SMILES string of the molecule is CC1(C)OCC2(CO1)Cc1cc3c(cc1C2)C1(CC3=O)CC2(COC(C)(C)OC2)C1. The van der Waals surface area contributed by atoms with E-state index >= 15 is 0 Å². The van der Waals surface area contributed by atoms with Gasteiger partial charge < -0.3 is 18.9 Å². The van der Waals surface area contributed by atoms with Gasteiger partial charge in [0.15, 0.2) is 17.4 Å². The van der Waals surface area contributed by atoms with E-state index in [1.54, 1.807) is 0 Å². The van der Waals surface area contributed by atoms with Crippen LogP contribution in [-0.2, 0) is 37.2 Å². The van der Waals surface area contributed by atoms with Gasteiger partial charge in [0, 0.05) is 28.2 Å². The van der Waals surface area contributed by atoms with Gasteiger partial charge in [-0.3, -0.25) is 4.79 Å². The number of ether oxygens (including phenoxy) is 4. The zero-order chi connectivity index (χ0) is 21.0. The Morgan fingerprint density at radius 3 is 1.77 bits per heavy atom. The fraction of sp³-hybridized carbons (Fsp3) is 0.720. The quantitative estimate of drug-likeness (QED) is 0.646. The Bertz CT molecular complexity index is 915. The van der Waals surface area contributed by atoms with E-state index in [9.17, 15) is 4.79 Å². The fourth-order valence-corrected chi connectivity index (χ4v) is 6.64. The van der Waals surface area contributed by atoms with E-state index < -0.39 is 11.6 Å². The standard InChI is InChI=1S/C25H32O5/c1-21(2)27-12-23(13-28-21)7-16-5-18-19(6-17(16)8-23)25(9-20(18)26)10-24(11-25)14-29-22(3,4)30-15-24/h5-6H,7-15H2,1-4H3. The number of ketones is 1. The van der Waals surface area contributed by atoms with Gasteiger partial charge in [-0.1, -0.05) is 6.07 Å². The topological polar surface area (TPSA) is 54.0 Å². The van der Waals surface area contributed by atoms with Crippen LogP contribution in [0.5, 0.6) is 0 Å². The average Bonchev–Trinajstić information content (AvgIpc) is 3.14. The average molecular weight is 413 g/mol. The van der Waals surface area contributed by atoms with Crippen molar-refractivity contribution in [1.82, 2.24) is 0 Å². The van der Waals surface area contributed by atoms with Gasteiger partial charge in [-0.25, -0.2) is 0 Å². The molecule has 30 heavy (non-hydrogen) atoms. The van der Waals surface area contributed by atoms with Gasteiger partial charge in [-0.2, -0.15) is 0 Å². The maximum Gasteiger partial charge on any atom is 0.164 e. The second kappa shape index (κ2) is 5.74. The first-order chi connectivity index (χ1) is 14.0. The maximum absolute atomic E-state index is 13.0. The minimum atomic E-state index is -0.499. The molecule has 5 nitrogen and oxygen atoms in total. The molecule has 0 bridgehead atoms. The zero-order valence-corrected chi connectivity index (χ0v) is 18.6. The molecule has 0 radical (unpaired) electrons. The lowest BCUT2D eigenvalue weighted by Gasteiger charge is -2.58. The number of hydrogen-bond donors (Lipinski definition) is 0. The normalized spacial score (nSPS) is 31.0. The van der Waals surface area contributed by atoms with Crippen LogP contribution in [0.1, 0.15) is 74.0 Å². The van der Waals surface area contributed by atoms with E-state index in [1.807, 2.05) is 27.7 Å². The summed E-state index contributed by atoms with van der Waals surface area (Å²) in [5, 5.41) is 0. The molecule has 5 heteroatoms. The van der Waals surface area contributed by atoms with E-state index in [1.165, 1.54) is 16.7 Å². The third kappa shape index (κ3) is 2.78. The molecule has 3 fully saturated rings. The Labute approximate surface area is 178 Å². The van der Waals surface area contributed by atoms with Crippen molar-refractivity contribution in [3.8, 4) is 0 Å². The van der Waals surface area contributed by atoms with Crippen LogP contribution < -0.4 is 0 Å². The van der Waals surface area contributed by atoms with Crippen LogP contribution in [0.2, 0.25) is 0 Å². The second-order valence-corrected chi connectivity index (χ2v) is 11.7. The monoisotopic (exact) mass is 412 g/mol. The smallest absolute Gasteiger partial charge is 0.164 e. The Kier molecular flexibility index (Phi) is 3.72. The lowest BCUT2D eigenvalue weighted by Crippen LogP contribution is -2.58. The zero-order valence-electron chi connectivity index (χ0n) is 18.6. The Balaban J connectivity index is 1.26. The summed E-state index contributed by atoms with van der Waals surface area (Å²) in [6.07, 6.45) is 4.52. The molecule has 2 heterocycles. The number of carbonyl (C=O) groups is 1. The molecule has 0 atom stereocenters. The highest BCUT2D eigenvalue weighted by molar-refractivity contribution is 6.03. The number of carbonyl (C=O) groups excluding carboxylic acids is 1. The summed E-state index contributed by atoms with van der Waals surface area (Å²) < 4.78 is 24.0. The first kappa shape index (κ1) is 19.4. The van der Waals surface area contributed by atoms with Crippen molar-refractivity contribution in [3.63, 3.8) is 0 Å². The van der Waals surface area contributed by atoms with E-state index in [-0.39, 0.29) is 16.2 Å². The number of rotatable bonds is 0. The van der Waals surface area contributed by atoms with Crippen molar-refractivity contribution in [3.05, 3.63) is 34.4 Å². The van der Waals surface area contributed by atoms with Crippen LogP contribution in [0, 0.1) is 10.8 Å². The lowest BCUT2D eigenvalue weighted by molar-refractivity contribution is -0.306. The van der Waals surface area contributed by atoms with E-state index in [2.05, 4.69) is 12.1 Å². The van der Waals surface area contributed by atoms with Crippen LogP contribution in [-0.4, -0.2) is 43.8 Å². The summed E-state index contributed by atoms with van der Waals surface area (Å²) in [6.45, 7) is 10.8. The molecule has 2 saturated heterocycles. The minimum absolute atomic E-state index is 0.0145. The third-order valence-corrected chi connectivity index (χ3v) is 8.17. The number of hydrogen-bond acceptors (Lipinski definition) is 5. The van der Waals surface area contributed by atoms with Gasteiger partial charge in [-0.05, 0) is 76.1 Å². The van der Waals surface area contributed by atoms with Gasteiger partial charge in [-0.15, -0.1) is 0 Å². The predicted molar refractivity (Wildman–Crippen MR) is 111 cm³/mol. The number of fused-ring (bicyclic) bond motifs is 3. The Morgan fingerprint density at radius 2 is 1.20 bits per heavy atom. The van der Waals surface area contributed by atoms with Crippen LogP contribution in [0.15, 0.2) is 12.1 Å². The summed E-state index contributed by atoms with van der Waals surface area (Å²) in [5.41, 5.74) is 4.98. The van der Waals surface area contributed by atoms with Crippen LogP contribution in [0.3, 0.4) is 0 Å². The van der Waals surface area contributed by atoms with Gasteiger partial charge in [0.2, 0.25) is 0 Å². The highest BCUT2D eigenvalue weighted by Gasteiger charge is 2.61. The molecular formula is C25H32O5. The van der Waals surface area contributed by atoms with E-state index in [4.69, 9.17) is 18.9 Å². The first-order valence-electron chi connectivity index (χ1n) is 11.3. The van der Waals surface area contributed by atoms with Gasteiger partial charge in [0.1, 0.15) is 0 Å². The van der Waals surface area contributed by atoms with Crippen molar-refractivity contribution in [2.24, 2.45) is 10.8 Å². The van der Waals surface area contributed by atoms with Crippen molar-refractivity contribution in [1.29, 1.82) is 0 Å². The predicted octanol–water partition coefficient (Wildman–Crippen LogP) is 3.94. The molecule has 2 aliphatic heterocycles. The number of benzene rings is 1. The molecule has 1 saturated carbocycles. The molecule has 0 aromatic heterocycles. The molecule has 162 valence electrons. The molecule has 1 aromatic carbocycles. The van der Waals surface area contributed by atoms with Crippen LogP contribution in [0.4, 0.5) is 0 Å². The lowest BCUT2D eigenvalue weighted by atomic mass is 9.51. The largest absolute Gasteiger partial charge is 0.350 e. The van der Waals surface area contributed by atoms with Crippen LogP contribution in [0.25, 0.3) is 0 Å². The molecule has 0 amide bonds. The molecule has 1 aromatic rings. The Morgan fingerprint density at radius 1 is 0.700 bits per heavy atom. The van der Waals surface area contributed by atoms with Crippen molar-refractivity contribution in [2.45, 2.75) is 76.8 Å². The summed E-state index contributed by atoms with van der Waals surface area (Å²) >= 11 is 0. The van der Waals surface area contributed by atoms with Gasteiger partial charge >= 0.3 is 0 Å². The summed E-state index contributed by atoms with van der Waals surface area (Å²) in [5.74, 6) is -0.690. The molecule has 3 aliphatic carbocycles. The summed E-state index contributed by atoms with van der Waals surface area (Å²) in [7, 11) is 0. The first-order valence-corrected chi connectivity index (χ1v) is 11.3. The van der Waals surface area contributed by atoms with E-state index in [0.717, 1.165) is 44.5 Å². The van der Waals surface area contributed by atoms with E-state index in [0.29, 0.717) is 25.4 Å². The van der Waals surface area contributed by atoms with Crippen LogP contribution >= 0.6 is 0 Å². The van der Waals surface area contributed by atoms with Crippen molar-refractivity contribution < 1.29 is 23.7 Å². The molecule has 0 unspecified atom stereocenters. The highest BCUT2D eigenvalue weighted by atomic mass is 16.7. The van der Waals surface area contributed by atoms with Crippen molar-refractivity contribution in [2.75, 3.05) is 26.4 Å². The molecule has 0 N–H and O–H groups in total.